The Morgan fingerprint density at radius 1 is 1.53 bits per heavy atom. The molecule has 0 bridgehead atoms. The fraction of sp³-hybridized carbons (Fsp3) is 0.167. The van der Waals surface area contributed by atoms with Gasteiger partial charge in [-0.15, -0.1) is 11.3 Å². The third-order valence-corrected chi connectivity index (χ3v) is 3.23. The second-order valence-corrected chi connectivity index (χ2v) is 4.70. The lowest BCUT2D eigenvalue weighted by molar-refractivity contribution is 0.102. The van der Waals surface area contributed by atoms with Crippen molar-refractivity contribution in [3.05, 3.63) is 40.7 Å². The van der Waals surface area contributed by atoms with Crippen LogP contribution in [0.25, 0.3) is 0 Å². The molecular formula is C12H12N4O2S. The van der Waals surface area contributed by atoms with Crippen molar-refractivity contribution in [2.75, 3.05) is 5.32 Å². The molecule has 98 valence electrons. The van der Waals surface area contributed by atoms with Gasteiger partial charge in [0.25, 0.3) is 5.91 Å². The van der Waals surface area contributed by atoms with E-state index in [4.69, 9.17) is 5.21 Å². The fourth-order valence-corrected chi connectivity index (χ4v) is 2.18. The van der Waals surface area contributed by atoms with E-state index in [0.29, 0.717) is 22.2 Å². The fourth-order valence-electron chi connectivity index (χ4n) is 1.43. The number of nitrogens with one attached hydrogen (secondary N) is 1. The number of aromatic nitrogens is 2. The molecule has 0 radical (unpaired) electrons. The van der Waals surface area contributed by atoms with Crippen molar-refractivity contribution >= 4 is 28.1 Å². The maximum atomic E-state index is 12.0. The molecule has 0 aromatic carbocycles. The highest BCUT2D eigenvalue weighted by atomic mass is 32.1. The molecular weight excluding hydrogens is 264 g/mol. The van der Waals surface area contributed by atoms with Gasteiger partial charge in [-0.25, -0.2) is 4.98 Å². The number of hydrogen-bond acceptors (Lipinski definition) is 6. The van der Waals surface area contributed by atoms with Crippen LogP contribution in [0, 0.1) is 6.92 Å². The second-order valence-electron chi connectivity index (χ2n) is 3.85. The highest BCUT2D eigenvalue weighted by Gasteiger charge is 2.13. The van der Waals surface area contributed by atoms with Gasteiger partial charge in [-0.3, -0.25) is 15.1 Å². The minimum Gasteiger partial charge on any atom is -0.411 e. The number of carbonyl (C=O) groups excluding carboxylic acids is 1. The summed E-state index contributed by atoms with van der Waals surface area (Å²) >= 11 is 1.26. The summed E-state index contributed by atoms with van der Waals surface area (Å²) in [6.45, 7) is 3.45. The van der Waals surface area contributed by atoms with Crippen molar-refractivity contribution in [1.82, 2.24) is 9.97 Å². The van der Waals surface area contributed by atoms with Crippen LogP contribution in [-0.2, 0) is 0 Å². The Labute approximate surface area is 113 Å². The van der Waals surface area contributed by atoms with Crippen LogP contribution >= 0.6 is 11.3 Å². The van der Waals surface area contributed by atoms with Crippen LogP contribution in [0.1, 0.15) is 28.7 Å². The molecule has 19 heavy (non-hydrogen) atoms. The number of aryl methyl sites for hydroxylation is 1. The van der Waals surface area contributed by atoms with E-state index in [9.17, 15) is 4.79 Å². The monoisotopic (exact) mass is 276 g/mol. The molecule has 0 saturated carbocycles. The normalized spacial score (nSPS) is 11.4. The van der Waals surface area contributed by atoms with E-state index in [-0.39, 0.29) is 5.91 Å². The first kappa shape index (κ1) is 13.2. The molecule has 0 aliphatic carbocycles. The van der Waals surface area contributed by atoms with Gasteiger partial charge in [-0.05, 0) is 25.5 Å². The molecule has 0 spiro atoms. The minimum absolute atomic E-state index is 0.308. The largest absolute Gasteiger partial charge is 0.411 e. The van der Waals surface area contributed by atoms with Gasteiger partial charge in [0.05, 0.1) is 0 Å². The van der Waals surface area contributed by atoms with Crippen LogP contribution in [-0.4, -0.2) is 26.8 Å². The molecule has 2 aromatic heterocycles. The summed E-state index contributed by atoms with van der Waals surface area (Å²) in [7, 11) is 0. The summed E-state index contributed by atoms with van der Waals surface area (Å²) in [4.78, 5) is 20.2. The number of nitrogens with zero attached hydrogens (tertiary/aromatic N) is 3. The lowest BCUT2D eigenvalue weighted by Crippen LogP contribution is -2.15. The lowest BCUT2D eigenvalue weighted by atomic mass is 10.2. The average Bonchev–Trinajstić information content (AvgIpc) is 2.86. The number of thiazole rings is 1. The maximum Gasteiger partial charge on any atom is 0.276 e. The Kier molecular flexibility index (Phi) is 3.86. The number of carbonyl (C=O) groups is 1. The minimum atomic E-state index is -0.308. The Hall–Kier alpha value is -2.28. The zero-order valence-corrected chi connectivity index (χ0v) is 11.2. The Morgan fingerprint density at radius 3 is 3.00 bits per heavy atom. The number of hydrogen-bond donors (Lipinski definition) is 2. The van der Waals surface area contributed by atoms with Crippen LogP contribution in [0.15, 0.2) is 28.9 Å². The smallest absolute Gasteiger partial charge is 0.276 e. The molecule has 2 rings (SSSR count). The maximum absolute atomic E-state index is 12.0. The number of amides is 1. The number of anilines is 1. The first-order chi connectivity index (χ1) is 9.11. The molecule has 1 amide bonds. The van der Waals surface area contributed by atoms with E-state index in [2.05, 4.69) is 20.4 Å². The average molecular weight is 276 g/mol. The predicted octanol–water partition coefficient (Wildman–Crippen LogP) is 2.30. The van der Waals surface area contributed by atoms with Crippen molar-refractivity contribution < 1.29 is 10.0 Å². The van der Waals surface area contributed by atoms with E-state index in [0.717, 1.165) is 5.56 Å². The van der Waals surface area contributed by atoms with Gasteiger partial charge in [-0.1, -0.05) is 11.2 Å². The number of oxime groups is 1. The van der Waals surface area contributed by atoms with E-state index in [1.807, 2.05) is 13.0 Å². The van der Waals surface area contributed by atoms with Gasteiger partial charge in [0.15, 0.2) is 5.13 Å². The molecule has 0 atom stereocenters. The molecule has 0 saturated heterocycles. The zero-order chi connectivity index (χ0) is 13.8. The van der Waals surface area contributed by atoms with Crippen molar-refractivity contribution in [3.8, 4) is 0 Å². The summed E-state index contributed by atoms with van der Waals surface area (Å²) in [5, 5.41) is 16.5. The van der Waals surface area contributed by atoms with Crippen LogP contribution in [0.5, 0.6) is 0 Å². The van der Waals surface area contributed by atoms with Crippen LogP contribution in [0.2, 0.25) is 0 Å². The molecule has 6 nitrogen and oxygen atoms in total. The predicted molar refractivity (Wildman–Crippen MR) is 73.0 cm³/mol. The quantitative estimate of drug-likeness (QED) is 0.511. The number of pyridine rings is 1. The molecule has 0 aliphatic rings. The molecule has 0 unspecified atom stereocenters. The third-order valence-electron chi connectivity index (χ3n) is 2.47. The molecule has 2 N–H and O–H groups in total. The highest BCUT2D eigenvalue weighted by molar-refractivity contribution is 7.14. The third kappa shape index (κ3) is 2.94. The van der Waals surface area contributed by atoms with Crippen LogP contribution in [0.4, 0.5) is 5.13 Å². The molecule has 2 heterocycles. The van der Waals surface area contributed by atoms with Gasteiger partial charge >= 0.3 is 0 Å². The lowest BCUT2D eigenvalue weighted by Gasteiger charge is -2.03. The second kappa shape index (κ2) is 5.57. The van der Waals surface area contributed by atoms with Crippen molar-refractivity contribution in [1.29, 1.82) is 0 Å². The SMILES string of the molecule is CC(=NO)c1csc(NC(=O)c2ncccc2C)n1. The highest BCUT2D eigenvalue weighted by Crippen LogP contribution is 2.17. The van der Waals surface area contributed by atoms with Crippen molar-refractivity contribution in [2.24, 2.45) is 5.16 Å². The summed E-state index contributed by atoms with van der Waals surface area (Å²) in [5.41, 5.74) is 2.09. The van der Waals surface area contributed by atoms with Gasteiger partial charge in [0, 0.05) is 11.6 Å². The number of rotatable bonds is 3. The van der Waals surface area contributed by atoms with Crippen molar-refractivity contribution in [3.63, 3.8) is 0 Å². The zero-order valence-electron chi connectivity index (χ0n) is 10.4. The van der Waals surface area contributed by atoms with E-state index in [1.165, 1.54) is 11.3 Å². The summed E-state index contributed by atoms with van der Waals surface area (Å²) in [6.07, 6.45) is 1.57. The first-order valence-electron chi connectivity index (χ1n) is 5.49. The van der Waals surface area contributed by atoms with E-state index < -0.39 is 0 Å². The van der Waals surface area contributed by atoms with E-state index in [1.54, 1.807) is 24.6 Å². The first-order valence-corrected chi connectivity index (χ1v) is 6.37. The molecule has 7 heteroatoms. The standard InChI is InChI=1S/C12H12N4O2S/c1-7-4-3-5-13-10(7)11(17)15-12-14-9(6-19-12)8(2)16-18/h3-6,18H,1-2H3,(H,14,15,17). The van der Waals surface area contributed by atoms with Gasteiger partial charge in [0.1, 0.15) is 17.1 Å². The Morgan fingerprint density at radius 2 is 2.32 bits per heavy atom. The molecule has 2 aromatic rings. The van der Waals surface area contributed by atoms with Gasteiger partial charge in [-0.2, -0.15) is 0 Å². The van der Waals surface area contributed by atoms with Gasteiger partial charge < -0.3 is 5.21 Å². The summed E-state index contributed by atoms with van der Waals surface area (Å²) in [6, 6.07) is 3.59. The molecule has 0 aliphatic heterocycles. The Bertz CT molecular complexity index is 636. The Balaban J connectivity index is 2.16. The topological polar surface area (TPSA) is 87.5 Å². The van der Waals surface area contributed by atoms with Crippen LogP contribution < -0.4 is 5.32 Å². The summed E-state index contributed by atoms with van der Waals surface area (Å²) in [5.74, 6) is -0.308. The summed E-state index contributed by atoms with van der Waals surface area (Å²) < 4.78 is 0. The van der Waals surface area contributed by atoms with Crippen LogP contribution in [0.3, 0.4) is 0 Å². The van der Waals surface area contributed by atoms with E-state index >= 15 is 0 Å². The van der Waals surface area contributed by atoms with Gasteiger partial charge in [0.2, 0.25) is 0 Å². The van der Waals surface area contributed by atoms with Crippen molar-refractivity contribution in [2.45, 2.75) is 13.8 Å². The molecule has 0 fully saturated rings.